The second-order valence-corrected chi connectivity index (χ2v) is 8.87. The number of carbonyl (C=O) groups is 2. The Morgan fingerprint density at radius 2 is 1.88 bits per heavy atom. The lowest BCUT2D eigenvalue weighted by atomic mass is 10.0. The van der Waals surface area contributed by atoms with Gasteiger partial charge in [0.25, 0.3) is 0 Å². The number of piperidine rings is 1. The topological polar surface area (TPSA) is 52.7 Å². The van der Waals surface area contributed by atoms with Crippen LogP contribution in [0, 0.1) is 5.92 Å². The van der Waals surface area contributed by atoms with Crippen molar-refractivity contribution in [2.24, 2.45) is 5.92 Å². The summed E-state index contributed by atoms with van der Waals surface area (Å²) in [5.74, 6) is 0.595. The molecule has 0 radical (unpaired) electrons. The highest BCUT2D eigenvalue weighted by molar-refractivity contribution is 9.10. The molecule has 0 aromatic heterocycles. The van der Waals surface area contributed by atoms with Crippen molar-refractivity contribution in [2.45, 2.75) is 66.0 Å². The molecule has 5 nitrogen and oxygen atoms in total. The molecule has 1 aromatic rings. The lowest BCUT2D eigenvalue weighted by Crippen LogP contribution is -2.48. The first-order valence-electron chi connectivity index (χ1n) is 11.8. The summed E-state index contributed by atoms with van der Waals surface area (Å²) in [6, 6.07) is 7.45. The number of hydrogen-bond donors (Lipinski definition) is 1. The summed E-state index contributed by atoms with van der Waals surface area (Å²) in [4.78, 5) is 27.6. The molecule has 1 heterocycles. The van der Waals surface area contributed by atoms with Gasteiger partial charge in [-0.25, -0.2) is 4.79 Å². The summed E-state index contributed by atoms with van der Waals surface area (Å²) in [5.41, 5.74) is 0.921. The zero-order valence-corrected chi connectivity index (χ0v) is 21.7. The number of imide groups is 1. The highest BCUT2D eigenvalue weighted by Crippen LogP contribution is 2.15. The normalized spacial score (nSPS) is 15.9. The molecule has 1 atom stereocenters. The largest absolute Gasteiger partial charge is 0.335 e. The van der Waals surface area contributed by atoms with Crippen molar-refractivity contribution in [3.63, 3.8) is 0 Å². The molecule has 0 aliphatic carbocycles. The Kier molecular flexibility index (Phi) is 14.7. The van der Waals surface area contributed by atoms with E-state index in [1.165, 1.54) is 17.7 Å². The van der Waals surface area contributed by atoms with Gasteiger partial charge in [-0.1, -0.05) is 73.1 Å². The molecule has 0 saturated carbocycles. The minimum atomic E-state index is -0.312. The highest BCUT2D eigenvalue weighted by atomic mass is 79.9. The van der Waals surface area contributed by atoms with Crippen molar-refractivity contribution >= 4 is 28.4 Å². The quantitative estimate of drug-likeness (QED) is 0.306. The SMILES string of the molecule is C/C=C\C=C/C(C)CCCN1CCC(NC(=O)N(C=O)Cc2ccc(Br)cc2)CC1.CC. The molecule has 32 heavy (non-hydrogen) atoms. The molecule has 6 heteroatoms. The number of urea groups is 1. The molecule has 178 valence electrons. The molecule has 1 aliphatic heterocycles. The Balaban J connectivity index is 0.00000249. The van der Waals surface area contributed by atoms with Crippen LogP contribution < -0.4 is 5.32 Å². The summed E-state index contributed by atoms with van der Waals surface area (Å²) >= 11 is 3.39. The van der Waals surface area contributed by atoms with Gasteiger partial charge in [0.1, 0.15) is 0 Å². The first-order valence-corrected chi connectivity index (χ1v) is 12.6. The second kappa shape index (κ2) is 16.7. The van der Waals surface area contributed by atoms with Gasteiger partial charge in [0, 0.05) is 23.6 Å². The monoisotopic (exact) mass is 505 g/mol. The first kappa shape index (κ1) is 28.1. The van der Waals surface area contributed by atoms with E-state index >= 15 is 0 Å². The Morgan fingerprint density at radius 1 is 1.22 bits per heavy atom. The summed E-state index contributed by atoms with van der Waals surface area (Å²) in [6.07, 6.45) is 13.3. The lowest BCUT2D eigenvalue weighted by molar-refractivity contribution is -0.116. The van der Waals surface area contributed by atoms with E-state index in [0.717, 1.165) is 42.5 Å². The molecule has 1 fully saturated rings. The fraction of sp³-hybridized carbons (Fsp3) is 0.538. The summed E-state index contributed by atoms with van der Waals surface area (Å²) < 4.78 is 0.972. The van der Waals surface area contributed by atoms with Crippen LogP contribution in [0.4, 0.5) is 4.79 Å². The molecule has 1 unspecified atom stereocenters. The molecule has 3 amide bonds. The van der Waals surface area contributed by atoms with Crippen LogP contribution in [0.1, 0.15) is 58.9 Å². The molecule has 0 bridgehead atoms. The predicted octanol–water partition coefficient (Wildman–Crippen LogP) is 6.16. The third-order valence-corrected chi connectivity index (χ3v) is 5.98. The average Bonchev–Trinajstić information content (AvgIpc) is 2.81. The second-order valence-electron chi connectivity index (χ2n) is 7.96. The maximum atomic E-state index is 12.5. The Bertz CT molecular complexity index is 710. The van der Waals surface area contributed by atoms with Gasteiger partial charge in [-0.2, -0.15) is 0 Å². The Morgan fingerprint density at radius 3 is 2.47 bits per heavy atom. The van der Waals surface area contributed by atoms with E-state index in [0.29, 0.717) is 12.3 Å². The van der Waals surface area contributed by atoms with Gasteiger partial charge in [-0.3, -0.25) is 9.69 Å². The molecule has 0 spiro atoms. The number of likely N-dealkylation sites (tertiary alicyclic amines) is 1. The summed E-state index contributed by atoms with van der Waals surface area (Å²) in [6.45, 7) is 11.6. The summed E-state index contributed by atoms with van der Waals surface area (Å²) in [7, 11) is 0. The predicted molar refractivity (Wildman–Crippen MR) is 137 cm³/mol. The van der Waals surface area contributed by atoms with Gasteiger partial charge < -0.3 is 10.2 Å². The van der Waals surface area contributed by atoms with E-state index in [2.05, 4.69) is 51.3 Å². The average molecular weight is 507 g/mol. The van der Waals surface area contributed by atoms with Crippen LogP contribution in [-0.4, -0.2) is 47.9 Å². The molecular weight excluding hydrogens is 466 g/mol. The van der Waals surface area contributed by atoms with Gasteiger partial charge in [-0.05, 0) is 62.8 Å². The van der Waals surface area contributed by atoms with E-state index in [1.807, 2.05) is 51.1 Å². The van der Waals surface area contributed by atoms with E-state index < -0.39 is 0 Å². The van der Waals surface area contributed by atoms with Gasteiger partial charge >= 0.3 is 6.03 Å². The van der Waals surface area contributed by atoms with E-state index in [1.54, 1.807) is 0 Å². The van der Waals surface area contributed by atoms with Crippen molar-refractivity contribution in [1.82, 2.24) is 15.1 Å². The smallest absolute Gasteiger partial charge is 0.324 e. The Labute approximate surface area is 203 Å². The van der Waals surface area contributed by atoms with E-state index in [4.69, 9.17) is 0 Å². The number of rotatable bonds is 10. The van der Waals surface area contributed by atoms with E-state index in [-0.39, 0.29) is 18.6 Å². The third-order valence-electron chi connectivity index (χ3n) is 5.45. The molecule has 2 rings (SSSR count). The number of halogens is 1. The van der Waals surface area contributed by atoms with Gasteiger partial charge in [0.15, 0.2) is 0 Å². The maximum absolute atomic E-state index is 12.5. The van der Waals surface area contributed by atoms with Crippen LogP contribution in [0.3, 0.4) is 0 Å². The van der Waals surface area contributed by atoms with Crippen LogP contribution in [0.15, 0.2) is 53.0 Å². The van der Waals surface area contributed by atoms with Crippen molar-refractivity contribution in [2.75, 3.05) is 19.6 Å². The molecule has 1 aliphatic rings. The van der Waals surface area contributed by atoms with Crippen molar-refractivity contribution in [3.8, 4) is 0 Å². The van der Waals surface area contributed by atoms with Crippen LogP contribution in [0.25, 0.3) is 0 Å². The van der Waals surface area contributed by atoms with Crippen molar-refractivity contribution in [3.05, 3.63) is 58.6 Å². The molecule has 1 aromatic carbocycles. The van der Waals surface area contributed by atoms with Gasteiger partial charge in [0.05, 0.1) is 6.54 Å². The zero-order chi connectivity index (χ0) is 23.8. The first-order chi connectivity index (χ1) is 15.5. The van der Waals surface area contributed by atoms with Crippen LogP contribution in [0.5, 0.6) is 0 Å². The van der Waals surface area contributed by atoms with Crippen LogP contribution in [0.2, 0.25) is 0 Å². The molecule has 1 saturated heterocycles. The Hall–Kier alpha value is -1.92. The maximum Gasteiger partial charge on any atom is 0.324 e. The number of nitrogens with zero attached hydrogens (tertiary/aromatic N) is 2. The van der Waals surface area contributed by atoms with Crippen molar-refractivity contribution in [1.29, 1.82) is 0 Å². The number of allylic oxidation sites excluding steroid dienone is 4. The van der Waals surface area contributed by atoms with E-state index in [9.17, 15) is 9.59 Å². The minimum absolute atomic E-state index is 0.129. The van der Waals surface area contributed by atoms with Crippen LogP contribution in [-0.2, 0) is 11.3 Å². The molecule has 1 N–H and O–H groups in total. The van der Waals surface area contributed by atoms with Crippen LogP contribution >= 0.6 is 15.9 Å². The minimum Gasteiger partial charge on any atom is -0.335 e. The number of nitrogens with one attached hydrogen (secondary N) is 1. The van der Waals surface area contributed by atoms with Gasteiger partial charge in [-0.15, -0.1) is 0 Å². The highest BCUT2D eigenvalue weighted by Gasteiger charge is 2.22. The lowest BCUT2D eigenvalue weighted by Gasteiger charge is -2.33. The number of carbonyl (C=O) groups excluding carboxylic acids is 2. The van der Waals surface area contributed by atoms with Crippen molar-refractivity contribution < 1.29 is 9.59 Å². The number of amides is 3. The number of hydrogen-bond acceptors (Lipinski definition) is 3. The number of benzene rings is 1. The zero-order valence-electron chi connectivity index (χ0n) is 20.1. The molecular formula is C26H40BrN3O2. The third kappa shape index (κ3) is 11.1. The standard InChI is InChI=1S/C24H34BrN3O2.C2H6/c1-3-4-5-7-20(2)8-6-15-27-16-13-23(14-17-27)26-24(30)28(19-29)18-21-9-11-22(25)12-10-21;1-2/h3-5,7,9-12,19-20,23H,6,8,13-18H2,1-2H3,(H,26,30);1-2H3/b4-3-,7-5-;. The van der Waals surface area contributed by atoms with Gasteiger partial charge in [0.2, 0.25) is 6.41 Å². The fourth-order valence-corrected chi connectivity index (χ4v) is 3.86. The summed E-state index contributed by atoms with van der Waals surface area (Å²) in [5, 5.41) is 3.03. The fourth-order valence-electron chi connectivity index (χ4n) is 3.60.